The molecule has 0 amide bonds. The Bertz CT molecular complexity index is 824. The Hall–Kier alpha value is -2.73. The molecule has 1 heterocycles. The molecular formula is C16H14FN3O2. The van der Waals surface area contributed by atoms with Crippen molar-refractivity contribution in [3.8, 4) is 5.75 Å². The third kappa shape index (κ3) is 2.56. The first-order valence-corrected chi connectivity index (χ1v) is 6.67. The summed E-state index contributed by atoms with van der Waals surface area (Å²) in [7, 11) is 1.52. The number of aromatic nitrogens is 2. The van der Waals surface area contributed by atoms with Crippen molar-refractivity contribution in [2.75, 3.05) is 12.4 Å². The van der Waals surface area contributed by atoms with Gasteiger partial charge in [-0.15, -0.1) is 0 Å². The molecule has 3 rings (SSSR count). The standard InChI is InChI=1S/C16H14FN3O2/c1-22-15-7-11-14(6-10(15)8-21)18-9-19-16(11)20-13-5-3-2-4-12(13)17/h2-7,9,21H,8H2,1H3,(H,18,19,20). The number of nitrogens with zero attached hydrogens (tertiary/aromatic N) is 2. The number of benzene rings is 2. The molecule has 2 aromatic carbocycles. The van der Waals surface area contributed by atoms with Crippen molar-refractivity contribution in [2.24, 2.45) is 0 Å². The van der Waals surface area contributed by atoms with Crippen molar-refractivity contribution in [3.05, 3.63) is 54.1 Å². The number of hydrogen-bond acceptors (Lipinski definition) is 5. The van der Waals surface area contributed by atoms with Crippen molar-refractivity contribution in [3.63, 3.8) is 0 Å². The van der Waals surface area contributed by atoms with Crippen LogP contribution in [0, 0.1) is 5.82 Å². The first-order valence-electron chi connectivity index (χ1n) is 6.67. The van der Waals surface area contributed by atoms with Crippen LogP contribution in [0.2, 0.25) is 0 Å². The van der Waals surface area contributed by atoms with Crippen LogP contribution >= 0.6 is 0 Å². The highest BCUT2D eigenvalue weighted by Crippen LogP contribution is 2.30. The number of rotatable bonds is 4. The molecule has 0 bridgehead atoms. The Morgan fingerprint density at radius 1 is 1.23 bits per heavy atom. The van der Waals surface area contributed by atoms with Crippen molar-refractivity contribution < 1.29 is 14.2 Å². The number of aliphatic hydroxyl groups is 1. The van der Waals surface area contributed by atoms with E-state index in [1.54, 1.807) is 30.3 Å². The third-order valence-corrected chi connectivity index (χ3v) is 3.33. The van der Waals surface area contributed by atoms with Gasteiger partial charge in [-0.1, -0.05) is 12.1 Å². The van der Waals surface area contributed by atoms with Crippen molar-refractivity contribution >= 4 is 22.4 Å². The van der Waals surface area contributed by atoms with Gasteiger partial charge in [0.1, 0.15) is 23.7 Å². The molecule has 6 heteroatoms. The van der Waals surface area contributed by atoms with Crippen LogP contribution in [0.1, 0.15) is 5.56 Å². The molecule has 0 spiro atoms. The van der Waals surface area contributed by atoms with Gasteiger partial charge >= 0.3 is 0 Å². The van der Waals surface area contributed by atoms with E-state index in [-0.39, 0.29) is 12.4 Å². The highest BCUT2D eigenvalue weighted by atomic mass is 19.1. The van der Waals surface area contributed by atoms with E-state index in [0.717, 1.165) is 0 Å². The quantitative estimate of drug-likeness (QED) is 0.775. The van der Waals surface area contributed by atoms with Gasteiger partial charge in [-0.25, -0.2) is 14.4 Å². The SMILES string of the molecule is COc1cc2c(Nc3ccccc3F)ncnc2cc1CO. The van der Waals surface area contributed by atoms with E-state index in [1.807, 2.05) is 0 Å². The zero-order valence-electron chi connectivity index (χ0n) is 11.9. The largest absolute Gasteiger partial charge is 0.496 e. The number of nitrogens with one attached hydrogen (secondary N) is 1. The minimum absolute atomic E-state index is 0.154. The molecule has 5 nitrogen and oxygen atoms in total. The molecule has 2 N–H and O–H groups in total. The molecular weight excluding hydrogens is 285 g/mol. The van der Waals surface area contributed by atoms with Crippen LogP contribution in [0.3, 0.4) is 0 Å². The lowest BCUT2D eigenvalue weighted by Gasteiger charge is -2.12. The number of halogens is 1. The number of fused-ring (bicyclic) bond motifs is 1. The minimum atomic E-state index is -0.367. The Morgan fingerprint density at radius 2 is 2.05 bits per heavy atom. The smallest absolute Gasteiger partial charge is 0.146 e. The summed E-state index contributed by atoms with van der Waals surface area (Å²) in [5.41, 5.74) is 1.59. The maximum Gasteiger partial charge on any atom is 0.146 e. The van der Waals surface area contributed by atoms with E-state index in [4.69, 9.17) is 4.74 Å². The summed E-state index contributed by atoms with van der Waals surface area (Å²) < 4.78 is 19.0. The minimum Gasteiger partial charge on any atom is -0.496 e. The second kappa shape index (κ2) is 5.95. The Labute approximate surface area is 126 Å². The summed E-state index contributed by atoms with van der Waals surface area (Å²) in [6.45, 7) is -0.154. The lowest BCUT2D eigenvalue weighted by molar-refractivity contribution is 0.274. The fourth-order valence-electron chi connectivity index (χ4n) is 2.23. The van der Waals surface area contributed by atoms with Crippen LogP contribution < -0.4 is 10.1 Å². The summed E-state index contributed by atoms with van der Waals surface area (Å²) in [5, 5.41) is 13.0. The molecule has 0 saturated carbocycles. The van der Waals surface area contributed by atoms with Gasteiger partial charge < -0.3 is 15.2 Å². The Morgan fingerprint density at radius 3 is 2.77 bits per heavy atom. The number of para-hydroxylation sites is 1. The molecule has 0 aliphatic rings. The molecule has 22 heavy (non-hydrogen) atoms. The van der Waals surface area contributed by atoms with E-state index in [1.165, 1.54) is 19.5 Å². The Kier molecular flexibility index (Phi) is 3.84. The molecule has 3 aromatic rings. The lowest BCUT2D eigenvalue weighted by atomic mass is 10.1. The van der Waals surface area contributed by atoms with E-state index in [0.29, 0.717) is 33.7 Å². The lowest BCUT2D eigenvalue weighted by Crippen LogP contribution is -2.00. The summed E-state index contributed by atoms with van der Waals surface area (Å²) in [5.74, 6) is 0.632. The highest BCUT2D eigenvalue weighted by molar-refractivity contribution is 5.92. The molecule has 0 aliphatic heterocycles. The molecule has 0 aliphatic carbocycles. The van der Waals surface area contributed by atoms with E-state index < -0.39 is 0 Å². The zero-order chi connectivity index (χ0) is 15.5. The predicted molar refractivity (Wildman–Crippen MR) is 81.7 cm³/mol. The topological polar surface area (TPSA) is 67.3 Å². The van der Waals surface area contributed by atoms with Crippen LogP contribution in [0.15, 0.2) is 42.7 Å². The van der Waals surface area contributed by atoms with Gasteiger partial charge in [0, 0.05) is 10.9 Å². The Balaban J connectivity index is 2.12. The number of hydrogen-bond donors (Lipinski definition) is 2. The van der Waals surface area contributed by atoms with Crippen molar-refractivity contribution in [2.45, 2.75) is 6.61 Å². The summed E-state index contributed by atoms with van der Waals surface area (Å²) in [4.78, 5) is 8.35. The second-order valence-electron chi connectivity index (χ2n) is 4.67. The monoisotopic (exact) mass is 299 g/mol. The predicted octanol–water partition coefficient (Wildman–Crippen LogP) is 3.01. The molecule has 0 unspecified atom stereocenters. The third-order valence-electron chi connectivity index (χ3n) is 3.33. The fraction of sp³-hybridized carbons (Fsp3) is 0.125. The van der Waals surface area contributed by atoms with Gasteiger partial charge in [-0.3, -0.25) is 0 Å². The number of aliphatic hydroxyl groups excluding tert-OH is 1. The van der Waals surface area contributed by atoms with Gasteiger partial charge in [0.05, 0.1) is 24.9 Å². The second-order valence-corrected chi connectivity index (χ2v) is 4.67. The molecule has 112 valence electrons. The van der Waals surface area contributed by atoms with E-state index in [9.17, 15) is 9.50 Å². The molecule has 0 radical (unpaired) electrons. The summed E-state index contributed by atoms with van der Waals surface area (Å²) >= 11 is 0. The molecule has 0 fully saturated rings. The van der Waals surface area contributed by atoms with Crippen LogP contribution in [0.5, 0.6) is 5.75 Å². The van der Waals surface area contributed by atoms with Crippen molar-refractivity contribution in [1.29, 1.82) is 0 Å². The first-order chi connectivity index (χ1) is 10.7. The van der Waals surface area contributed by atoms with Gasteiger partial charge in [0.15, 0.2) is 0 Å². The van der Waals surface area contributed by atoms with Gasteiger partial charge in [0.2, 0.25) is 0 Å². The summed E-state index contributed by atoms with van der Waals surface area (Å²) in [6, 6.07) is 9.81. The summed E-state index contributed by atoms with van der Waals surface area (Å²) in [6.07, 6.45) is 1.39. The van der Waals surface area contributed by atoms with Crippen LogP contribution in [0.4, 0.5) is 15.9 Å². The van der Waals surface area contributed by atoms with Crippen molar-refractivity contribution in [1.82, 2.24) is 9.97 Å². The van der Waals surface area contributed by atoms with Crippen LogP contribution in [-0.2, 0) is 6.61 Å². The fourth-order valence-corrected chi connectivity index (χ4v) is 2.23. The van der Waals surface area contributed by atoms with E-state index in [2.05, 4.69) is 15.3 Å². The highest BCUT2D eigenvalue weighted by Gasteiger charge is 2.11. The maximum atomic E-state index is 13.8. The first kappa shape index (κ1) is 14.2. The van der Waals surface area contributed by atoms with Gasteiger partial charge in [-0.05, 0) is 24.3 Å². The van der Waals surface area contributed by atoms with Crippen LogP contribution in [0.25, 0.3) is 10.9 Å². The van der Waals surface area contributed by atoms with Crippen LogP contribution in [-0.4, -0.2) is 22.2 Å². The van der Waals surface area contributed by atoms with E-state index >= 15 is 0 Å². The molecule has 0 saturated heterocycles. The average molecular weight is 299 g/mol. The number of methoxy groups -OCH3 is 1. The maximum absolute atomic E-state index is 13.8. The zero-order valence-corrected chi connectivity index (χ0v) is 11.9. The number of ether oxygens (including phenoxy) is 1. The average Bonchev–Trinajstić information content (AvgIpc) is 2.56. The number of anilines is 2. The molecule has 1 aromatic heterocycles. The van der Waals surface area contributed by atoms with Gasteiger partial charge in [0.25, 0.3) is 0 Å². The normalized spacial score (nSPS) is 10.7. The van der Waals surface area contributed by atoms with Gasteiger partial charge in [-0.2, -0.15) is 0 Å². The molecule has 0 atom stereocenters.